The lowest BCUT2D eigenvalue weighted by Gasteiger charge is -2.29. The molecule has 1 aromatic rings. The first-order chi connectivity index (χ1) is 12.4. The van der Waals surface area contributed by atoms with Crippen LogP contribution in [0.5, 0.6) is 0 Å². The van der Waals surface area contributed by atoms with E-state index in [0.29, 0.717) is 12.3 Å². The van der Waals surface area contributed by atoms with Crippen molar-refractivity contribution in [1.29, 1.82) is 0 Å². The van der Waals surface area contributed by atoms with E-state index in [2.05, 4.69) is 24.5 Å². The van der Waals surface area contributed by atoms with Gasteiger partial charge in [0.05, 0.1) is 6.04 Å². The number of aryl methyl sites for hydroxylation is 1. The highest BCUT2D eigenvalue weighted by Crippen LogP contribution is 2.12. The maximum atomic E-state index is 12.9. The summed E-state index contributed by atoms with van der Waals surface area (Å²) in [6.07, 6.45) is 1.22. The largest absolute Gasteiger partial charge is 0.350 e. The number of benzene rings is 1. The molecule has 152 valence electrons. The second-order valence-electron chi connectivity index (χ2n) is 9.10. The molecular formula is C22H37N3O2. The number of carbonyl (C=O) groups excluding carboxylic acids is 2. The molecule has 0 heterocycles. The molecule has 0 saturated carbocycles. The Morgan fingerprint density at radius 3 is 2.04 bits per heavy atom. The Kier molecular flexibility index (Phi) is 8.48. The first-order valence-electron chi connectivity index (χ1n) is 9.73. The molecule has 27 heavy (non-hydrogen) atoms. The van der Waals surface area contributed by atoms with Crippen molar-refractivity contribution in [3.8, 4) is 0 Å². The average Bonchev–Trinajstić information content (AvgIpc) is 2.51. The van der Waals surface area contributed by atoms with Crippen LogP contribution < -0.4 is 10.6 Å². The van der Waals surface area contributed by atoms with Crippen LogP contribution in [-0.2, 0) is 16.0 Å². The normalized spacial score (nSPS) is 14.1. The monoisotopic (exact) mass is 375 g/mol. The van der Waals surface area contributed by atoms with E-state index in [4.69, 9.17) is 0 Å². The van der Waals surface area contributed by atoms with Crippen LogP contribution in [0.4, 0.5) is 0 Å². The van der Waals surface area contributed by atoms with E-state index in [-0.39, 0.29) is 23.4 Å². The van der Waals surface area contributed by atoms with Crippen LogP contribution >= 0.6 is 0 Å². The lowest BCUT2D eigenvalue weighted by atomic mass is 9.99. The molecule has 0 saturated heterocycles. The number of carbonyl (C=O) groups is 2. The van der Waals surface area contributed by atoms with Gasteiger partial charge in [-0.3, -0.25) is 14.5 Å². The molecule has 1 rings (SSSR count). The molecule has 0 spiro atoms. The summed E-state index contributed by atoms with van der Waals surface area (Å²) in [5.74, 6) is 0.135. The third kappa shape index (κ3) is 8.57. The summed E-state index contributed by atoms with van der Waals surface area (Å²) in [5.41, 5.74) is 1.84. The zero-order valence-corrected chi connectivity index (χ0v) is 18.2. The first kappa shape index (κ1) is 23.2. The smallest absolute Gasteiger partial charge is 0.243 e. The minimum Gasteiger partial charge on any atom is -0.350 e. The van der Waals surface area contributed by atoms with Gasteiger partial charge in [-0.15, -0.1) is 0 Å². The van der Waals surface area contributed by atoms with Crippen molar-refractivity contribution < 1.29 is 9.59 Å². The lowest BCUT2D eigenvalue weighted by molar-refractivity contribution is -0.132. The highest BCUT2D eigenvalue weighted by Gasteiger charge is 2.29. The Labute approximate surface area is 164 Å². The lowest BCUT2D eigenvalue weighted by Crippen LogP contribution is -2.56. The fourth-order valence-electron chi connectivity index (χ4n) is 2.89. The number of hydrogen-bond donors (Lipinski definition) is 2. The van der Waals surface area contributed by atoms with Crippen LogP contribution in [0.1, 0.15) is 52.2 Å². The van der Waals surface area contributed by atoms with Gasteiger partial charge in [-0.25, -0.2) is 0 Å². The fraction of sp³-hybridized carbons (Fsp3) is 0.636. The van der Waals surface area contributed by atoms with Crippen molar-refractivity contribution >= 4 is 11.8 Å². The van der Waals surface area contributed by atoms with Crippen LogP contribution in [0.25, 0.3) is 0 Å². The zero-order valence-electron chi connectivity index (χ0n) is 18.2. The number of hydrogen-bond acceptors (Lipinski definition) is 3. The minimum absolute atomic E-state index is 0.102. The average molecular weight is 376 g/mol. The van der Waals surface area contributed by atoms with Gasteiger partial charge in [0.15, 0.2) is 0 Å². The van der Waals surface area contributed by atoms with Gasteiger partial charge in [-0.05, 0) is 59.7 Å². The topological polar surface area (TPSA) is 61.4 Å². The van der Waals surface area contributed by atoms with Gasteiger partial charge < -0.3 is 10.6 Å². The maximum Gasteiger partial charge on any atom is 0.243 e. The third-order valence-electron chi connectivity index (χ3n) is 4.31. The van der Waals surface area contributed by atoms with E-state index in [1.165, 1.54) is 5.56 Å². The van der Waals surface area contributed by atoms with Gasteiger partial charge in [0.2, 0.25) is 11.8 Å². The van der Waals surface area contributed by atoms with Crippen molar-refractivity contribution in [2.24, 2.45) is 5.92 Å². The van der Waals surface area contributed by atoms with Crippen molar-refractivity contribution in [2.45, 2.75) is 72.0 Å². The predicted molar refractivity (Wildman–Crippen MR) is 112 cm³/mol. The molecule has 0 unspecified atom stereocenters. The van der Waals surface area contributed by atoms with Crippen LogP contribution in [-0.4, -0.2) is 48.4 Å². The summed E-state index contributed by atoms with van der Waals surface area (Å²) in [5, 5.41) is 5.99. The third-order valence-corrected chi connectivity index (χ3v) is 4.31. The molecular weight excluding hydrogens is 338 g/mol. The highest BCUT2D eigenvalue weighted by molar-refractivity contribution is 5.90. The number of amides is 2. The molecule has 0 bridgehead atoms. The number of likely N-dealkylation sites (N-methyl/N-ethyl adjacent to an activating group) is 1. The second-order valence-corrected chi connectivity index (χ2v) is 9.10. The molecule has 0 aromatic heterocycles. The van der Waals surface area contributed by atoms with Gasteiger partial charge in [0.25, 0.3) is 0 Å². The molecule has 5 heteroatoms. The van der Waals surface area contributed by atoms with E-state index in [9.17, 15) is 9.59 Å². The van der Waals surface area contributed by atoms with Crippen LogP contribution in [0, 0.1) is 12.8 Å². The molecule has 2 atom stereocenters. The van der Waals surface area contributed by atoms with E-state index in [1.54, 1.807) is 0 Å². The first-order valence-corrected chi connectivity index (χ1v) is 9.73. The minimum atomic E-state index is -0.603. The molecule has 0 aliphatic rings. The highest BCUT2D eigenvalue weighted by atomic mass is 16.2. The van der Waals surface area contributed by atoms with E-state index in [1.807, 2.05) is 71.0 Å². The predicted octanol–water partition coefficient (Wildman–Crippen LogP) is 2.91. The number of nitrogens with one attached hydrogen (secondary N) is 2. The van der Waals surface area contributed by atoms with Gasteiger partial charge in [-0.1, -0.05) is 43.7 Å². The summed E-state index contributed by atoms with van der Waals surface area (Å²) in [6, 6.07) is 7.21. The molecule has 2 N–H and O–H groups in total. The molecule has 0 radical (unpaired) electrons. The number of rotatable bonds is 8. The van der Waals surface area contributed by atoms with Gasteiger partial charge in [0, 0.05) is 12.0 Å². The van der Waals surface area contributed by atoms with Gasteiger partial charge in [-0.2, -0.15) is 0 Å². The van der Waals surface area contributed by atoms with Crippen molar-refractivity contribution in [2.75, 3.05) is 14.1 Å². The van der Waals surface area contributed by atoms with E-state index < -0.39 is 6.04 Å². The van der Waals surface area contributed by atoms with Crippen LogP contribution in [0.3, 0.4) is 0 Å². The molecule has 0 aliphatic carbocycles. The van der Waals surface area contributed by atoms with Crippen molar-refractivity contribution in [3.63, 3.8) is 0 Å². The summed E-state index contributed by atoms with van der Waals surface area (Å²) < 4.78 is 0. The van der Waals surface area contributed by atoms with Crippen LogP contribution in [0.2, 0.25) is 0 Å². The van der Waals surface area contributed by atoms with Gasteiger partial charge in [0.1, 0.15) is 6.04 Å². The Bertz CT molecular complexity index is 615. The van der Waals surface area contributed by atoms with Crippen molar-refractivity contribution in [3.05, 3.63) is 35.4 Å². The molecule has 0 aliphatic heterocycles. The number of nitrogens with zero attached hydrogens (tertiary/aromatic N) is 1. The summed E-state index contributed by atoms with van der Waals surface area (Å²) in [7, 11) is 3.80. The van der Waals surface area contributed by atoms with E-state index >= 15 is 0 Å². The molecule has 1 aromatic carbocycles. The summed E-state index contributed by atoms with van der Waals surface area (Å²) in [6.45, 7) is 12.0. The Morgan fingerprint density at radius 1 is 1.04 bits per heavy atom. The van der Waals surface area contributed by atoms with Crippen LogP contribution in [0.15, 0.2) is 24.3 Å². The quantitative estimate of drug-likeness (QED) is 0.734. The Hall–Kier alpha value is -1.88. The molecule has 5 nitrogen and oxygen atoms in total. The SMILES string of the molecule is Cc1ccc(C[C@H](NC(=O)[C@H](CC(C)C)N(C)C)C(=O)NC(C)(C)C)cc1. The Balaban J connectivity index is 2.99. The Morgan fingerprint density at radius 2 is 1.59 bits per heavy atom. The van der Waals surface area contributed by atoms with Gasteiger partial charge >= 0.3 is 0 Å². The molecule has 0 fully saturated rings. The summed E-state index contributed by atoms with van der Waals surface area (Å²) in [4.78, 5) is 27.7. The summed E-state index contributed by atoms with van der Waals surface area (Å²) >= 11 is 0. The maximum absolute atomic E-state index is 12.9. The fourth-order valence-corrected chi connectivity index (χ4v) is 2.89. The zero-order chi connectivity index (χ0) is 20.8. The second kappa shape index (κ2) is 9.88. The molecule has 2 amide bonds. The standard InChI is InChI=1S/C22H37N3O2/c1-15(2)13-19(25(7)8)21(27)23-18(20(26)24-22(4,5)6)14-17-11-9-16(3)10-12-17/h9-12,15,18-19H,13-14H2,1-8H3,(H,23,27)(H,24,26)/t18-,19-/m0/s1. The van der Waals surface area contributed by atoms with E-state index in [0.717, 1.165) is 12.0 Å². The van der Waals surface area contributed by atoms with Crippen molar-refractivity contribution in [1.82, 2.24) is 15.5 Å².